The molecule has 2 N–H and O–H groups in total. The minimum Gasteiger partial charge on any atom is -0.328 e. The SMILES string of the molecule is Cc1cc(S(=O)(=O)C2CC(N)C2)ccc1F. The van der Waals surface area contributed by atoms with Crippen LogP contribution in [0.1, 0.15) is 18.4 Å². The van der Waals surface area contributed by atoms with E-state index < -0.39 is 15.1 Å². The molecule has 1 aromatic carbocycles. The van der Waals surface area contributed by atoms with Crippen LogP contribution in [0.15, 0.2) is 23.1 Å². The van der Waals surface area contributed by atoms with Gasteiger partial charge in [0.15, 0.2) is 9.84 Å². The summed E-state index contributed by atoms with van der Waals surface area (Å²) in [5.41, 5.74) is 5.92. The highest BCUT2D eigenvalue weighted by Crippen LogP contribution is 2.31. The molecule has 2 rings (SSSR count). The third kappa shape index (κ3) is 1.85. The van der Waals surface area contributed by atoms with Gasteiger partial charge >= 0.3 is 0 Å². The first-order valence-corrected chi connectivity index (χ1v) is 6.71. The molecule has 0 aliphatic heterocycles. The van der Waals surface area contributed by atoms with Crippen LogP contribution in [-0.4, -0.2) is 19.7 Å². The monoisotopic (exact) mass is 243 g/mol. The number of hydrogen-bond acceptors (Lipinski definition) is 3. The number of benzene rings is 1. The van der Waals surface area contributed by atoms with E-state index in [0.717, 1.165) is 0 Å². The van der Waals surface area contributed by atoms with Crippen molar-refractivity contribution in [2.45, 2.75) is 36.0 Å². The van der Waals surface area contributed by atoms with Crippen LogP contribution in [0.3, 0.4) is 0 Å². The Morgan fingerprint density at radius 2 is 2.00 bits per heavy atom. The Bertz CT molecular complexity index is 507. The number of nitrogens with two attached hydrogens (primary N) is 1. The van der Waals surface area contributed by atoms with Crippen molar-refractivity contribution >= 4 is 9.84 Å². The van der Waals surface area contributed by atoms with Crippen molar-refractivity contribution in [3.8, 4) is 0 Å². The Kier molecular flexibility index (Phi) is 2.75. The minimum absolute atomic E-state index is 0.0127. The first-order chi connectivity index (χ1) is 7.41. The van der Waals surface area contributed by atoms with E-state index in [2.05, 4.69) is 0 Å². The van der Waals surface area contributed by atoms with E-state index in [0.29, 0.717) is 18.4 Å². The summed E-state index contributed by atoms with van der Waals surface area (Å²) < 4.78 is 37.1. The highest BCUT2D eigenvalue weighted by atomic mass is 32.2. The van der Waals surface area contributed by atoms with Crippen molar-refractivity contribution in [2.75, 3.05) is 0 Å². The number of aryl methyl sites for hydroxylation is 1. The highest BCUT2D eigenvalue weighted by molar-refractivity contribution is 7.92. The summed E-state index contributed by atoms with van der Waals surface area (Å²) in [6, 6.07) is 3.89. The van der Waals surface area contributed by atoms with Crippen molar-refractivity contribution in [1.82, 2.24) is 0 Å². The molecule has 0 heterocycles. The smallest absolute Gasteiger partial charge is 0.181 e. The Labute approximate surface area is 94.4 Å². The van der Waals surface area contributed by atoms with Crippen LogP contribution < -0.4 is 5.73 Å². The van der Waals surface area contributed by atoms with Crippen LogP contribution in [0.2, 0.25) is 0 Å². The van der Waals surface area contributed by atoms with E-state index in [1.54, 1.807) is 6.92 Å². The number of rotatable bonds is 2. The summed E-state index contributed by atoms with van der Waals surface area (Å²) in [4.78, 5) is 0.198. The fraction of sp³-hybridized carbons (Fsp3) is 0.455. The molecule has 5 heteroatoms. The lowest BCUT2D eigenvalue weighted by Crippen LogP contribution is -2.44. The molecule has 1 saturated carbocycles. The fourth-order valence-electron chi connectivity index (χ4n) is 1.85. The van der Waals surface area contributed by atoms with Gasteiger partial charge in [0.25, 0.3) is 0 Å². The molecule has 1 aliphatic carbocycles. The minimum atomic E-state index is -3.32. The van der Waals surface area contributed by atoms with Gasteiger partial charge in [0, 0.05) is 6.04 Å². The van der Waals surface area contributed by atoms with Crippen molar-refractivity contribution < 1.29 is 12.8 Å². The van der Waals surface area contributed by atoms with Crippen molar-refractivity contribution in [3.63, 3.8) is 0 Å². The van der Waals surface area contributed by atoms with Gasteiger partial charge in [0.05, 0.1) is 10.1 Å². The summed E-state index contributed by atoms with van der Waals surface area (Å²) in [5, 5.41) is -0.396. The van der Waals surface area contributed by atoms with Gasteiger partial charge in [-0.05, 0) is 43.5 Å². The molecule has 0 aromatic heterocycles. The summed E-state index contributed by atoms with van der Waals surface area (Å²) >= 11 is 0. The van der Waals surface area contributed by atoms with Crippen molar-refractivity contribution in [3.05, 3.63) is 29.6 Å². The van der Waals surface area contributed by atoms with Crippen LogP contribution in [0.4, 0.5) is 4.39 Å². The molecule has 0 saturated heterocycles. The van der Waals surface area contributed by atoms with Gasteiger partial charge in [0.1, 0.15) is 5.82 Å². The Morgan fingerprint density at radius 3 is 2.50 bits per heavy atom. The average Bonchev–Trinajstić information content (AvgIpc) is 2.17. The second kappa shape index (κ2) is 3.82. The van der Waals surface area contributed by atoms with Gasteiger partial charge in [-0.2, -0.15) is 0 Å². The molecule has 1 aliphatic rings. The molecule has 0 amide bonds. The van der Waals surface area contributed by atoms with Crippen molar-refractivity contribution in [1.29, 1.82) is 0 Å². The van der Waals surface area contributed by atoms with Crippen LogP contribution in [0, 0.1) is 12.7 Å². The molecule has 88 valence electrons. The van der Waals surface area contributed by atoms with E-state index in [9.17, 15) is 12.8 Å². The zero-order valence-electron chi connectivity index (χ0n) is 8.98. The Balaban J connectivity index is 2.33. The van der Waals surface area contributed by atoms with Gasteiger partial charge < -0.3 is 5.73 Å². The van der Waals surface area contributed by atoms with Gasteiger partial charge in [0.2, 0.25) is 0 Å². The molecule has 0 radical (unpaired) electrons. The molecule has 16 heavy (non-hydrogen) atoms. The maximum absolute atomic E-state index is 13.0. The molecule has 3 nitrogen and oxygen atoms in total. The van der Waals surface area contributed by atoms with E-state index in [1.165, 1.54) is 18.2 Å². The summed E-state index contributed by atoms with van der Waals surface area (Å²) in [6.07, 6.45) is 0.998. The fourth-order valence-corrected chi connectivity index (χ4v) is 3.83. The molecule has 1 fully saturated rings. The maximum atomic E-state index is 13.0. The summed E-state index contributed by atoms with van der Waals surface area (Å²) in [6.45, 7) is 1.56. The van der Waals surface area contributed by atoms with Crippen LogP contribution in [-0.2, 0) is 9.84 Å². The molecular weight excluding hydrogens is 229 g/mol. The van der Waals surface area contributed by atoms with E-state index >= 15 is 0 Å². The maximum Gasteiger partial charge on any atom is 0.181 e. The van der Waals surface area contributed by atoms with E-state index in [1.807, 2.05) is 0 Å². The predicted octanol–water partition coefficient (Wildman–Crippen LogP) is 1.40. The summed E-state index contributed by atoms with van der Waals surface area (Å²) in [5.74, 6) is -0.385. The normalized spacial score (nSPS) is 25.2. The standard InChI is InChI=1S/C11H14FNO2S/c1-7-4-9(2-3-11(7)12)16(14,15)10-5-8(13)6-10/h2-4,8,10H,5-6,13H2,1H3. The Morgan fingerprint density at radius 1 is 1.38 bits per heavy atom. The van der Waals surface area contributed by atoms with Crippen LogP contribution in [0.5, 0.6) is 0 Å². The third-order valence-electron chi connectivity index (χ3n) is 3.03. The van der Waals surface area contributed by atoms with Gasteiger partial charge in [-0.25, -0.2) is 12.8 Å². The van der Waals surface area contributed by atoms with Crippen LogP contribution in [0.25, 0.3) is 0 Å². The zero-order chi connectivity index (χ0) is 11.9. The molecule has 0 bridgehead atoms. The van der Waals surface area contributed by atoms with E-state index in [4.69, 9.17) is 5.73 Å². The topological polar surface area (TPSA) is 60.2 Å². The molecule has 1 aromatic rings. The van der Waals surface area contributed by atoms with E-state index in [-0.39, 0.29) is 16.8 Å². The summed E-state index contributed by atoms with van der Waals surface area (Å²) in [7, 11) is -3.32. The predicted molar refractivity (Wildman–Crippen MR) is 59.3 cm³/mol. The van der Waals surface area contributed by atoms with Crippen LogP contribution >= 0.6 is 0 Å². The second-order valence-electron chi connectivity index (χ2n) is 4.31. The number of hydrogen-bond donors (Lipinski definition) is 1. The third-order valence-corrected chi connectivity index (χ3v) is 5.20. The lowest BCUT2D eigenvalue weighted by Gasteiger charge is -2.31. The molecular formula is C11H14FNO2S. The average molecular weight is 243 g/mol. The Hall–Kier alpha value is -0.940. The van der Waals surface area contributed by atoms with Gasteiger partial charge in [-0.3, -0.25) is 0 Å². The lowest BCUT2D eigenvalue weighted by molar-refractivity contribution is 0.409. The van der Waals surface area contributed by atoms with Gasteiger partial charge in [-0.1, -0.05) is 0 Å². The number of sulfone groups is 1. The lowest BCUT2D eigenvalue weighted by atomic mass is 9.93. The quantitative estimate of drug-likeness (QED) is 0.799. The molecule has 0 unspecified atom stereocenters. The highest BCUT2D eigenvalue weighted by Gasteiger charge is 2.37. The first kappa shape index (κ1) is 11.5. The number of halogens is 1. The second-order valence-corrected chi connectivity index (χ2v) is 6.54. The van der Waals surface area contributed by atoms with Gasteiger partial charge in [-0.15, -0.1) is 0 Å². The largest absolute Gasteiger partial charge is 0.328 e. The van der Waals surface area contributed by atoms with Crippen molar-refractivity contribution in [2.24, 2.45) is 5.73 Å². The molecule has 0 spiro atoms. The first-order valence-electron chi connectivity index (χ1n) is 5.17. The zero-order valence-corrected chi connectivity index (χ0v) is 9.80. The molecule has 0 atom stereocenters.